The second-order valence-electron chi connectivity index (χ2n) is 4.00. The van der Waals surface area contributed by atoms with E-state index < -0.39 is 14.2 Å². The Morgan fingerprint density at radius 3 is 2.62 bits per heavy atom. The highest BCUT2D eigenvalue weighted by Crippen LogP contribution is 2.07. The molecular weight excluding hydrogens is 182 g/mol. The van der Waals surface area contributed by atoms with Crippen LogP contribution >= 0.6 is 0 Å². The maximum absolute atomic E-state index is 10.9. The molecule has 0 aliphatic carbocycles. The summed E-state index contributed by atoms with van der Waals surface area (Å²) < 4.78 is 4.91. The molecule has 1 N–H and O–H groups in total. The first-order valence-electron chi connectivity index (χ1n) is 4.30. The van der Waals surface area contributed by atoms with Crippen LogP contribution in [0.4, 0.5) is 4.79 Å². The molecule has 3 nitrogen and oxygen atoms in total. The van der Waals surface area contributed by atoms with Crippen molar-refractivity contribution in [1.82, 2.24) is 5.32 Å². The maximum atomic E-state index is 10.9. The fourth-order valence-corrected chi connectivity index (χ4v) is 1.34. The largest absolute Gasteiger partial charge is 0.450 e. The van der Waals surface area contributed by atoms with Crippen LogP contribution in [0.2, 0.25) is 25.7 Å². The van der Waals surface area contributed by atoms with E-state index in [-0.39, 0.29) is 6.54 Å². The summed E-state index contributed by atoms with van der Waals surface area (Å²) in [5.41, 5.74) is 0. The van der Waals surface area contributed by atoms with E-state index in [9.17, 15) is 4.79 Å². The molecule has 0 aromatic rings. The van der Waals surface area contributed by atoms with E-state index in [1.807, 2.05) is 0 Å². The number of terminal acetylenes is 1. The van der Waals surface area contributed by atoms with E-state index in [2.05, 4.69) is 30.9 Å². The van der Waals surface area contributed by atoms with Crippen molar-refractivity contribution < 1.29 is 9.53 Å². The van der Waals surface area contributed by atoms with Crippen molar-refractivity contribution in [2.24, 2.45) is 0 Å². The molecule has 0 spiro atoms. The molecule has 74 valence electrons. The topological polar surface area (TPSA) is 38.3 Å². The first-order valence-corrected chi connectivity index (χ1v) is 8.00. The summed E-state index contributed by atoms with van der Waals surface area (Å²) in [6.45, 7) is 7.42. The third kappa shape index (κ3) is 8.96. The summed E-state index contributed by atoms with van der Waals surface area (Å²) in [7, 11) is -1.10. The van der Waals surface area contributed by atoms with Gasteiger partial charge in [0.05, 0.1) is 13.2 Å². The lowest BCUT2D eigenvalue weighted by atomic mass is 10.7. The van der Waals surface area contributed by atoms with Gasteiger partial charge in [0.1, 0.15) is 0 Å². The molecule has 13 heavy (non-hydrogen) atoms. The van der Waals surface area contributed by atoms with E-state index in [0.717, 1.165) is 6.04 Å². The third-order valence-corrected chi connectivity index (χ3v) is 3.12. The Kier molecular flexibility index (Phi) is 5.24. The smallest absolute Gasteiger partial charge is 0.407 e. The minimum Gasteiger partial charge on any atom is -0.450 e. The Bertz CT molecular complexity index is 203. The van der Waals surface area contributed by atoms with Crippen LogP contribution < -0.4 is 5.32 Å². The Morgan fingerprint density at radius 1 is 1.54 bits per heavy atom. The highest BCUT2D eigenvalue weighted by atomic mass is 28.3. The molecule has 0 bridgehead atoms. The quantitative estimate of drug-likeness (QED) is 0.552. The van der Waals surface area contributed by atoms with E-state index in [0.29, 0.717) is 6.61 Å². The van der Waals surface area contributed by atoms with Gasteiger partial charge in [-0.1, -0.05) is 25.6 Å². The van der Waals surface area contributed by atoms with Gasteiger partial charge in [-0.15, -0.1) is 6.42 Å². The van der Waals surface area contributed by atoms with Crippen molar-refractivity contribution >= 4 is 14.2 Å². The molecule has 0 atom stereocenters. The zero-order chi connectivity index (χ0) is 10.3. The van der Waals surface area contributed by atoms with Gasteiger partial charge in [0, 0.05) is 8.07 Å². The number of hydrogen-bond donors (Lipinski definition) is 1. The van der Waals surface area contributed by atoms with Crippen LogP contribution in [-0.2, 0) is 4.74 Å². The number of alkyl carbamates (subject to hydrolysis) is 1. The van der Waals surface area contributed by atoms with Crippen molar-refractivity contribution in [3.05, 3.63) is 0 Å². The number of rotatable bonds is 4. The minimum atomic E-state index is -1.10. The molecular formula is C9H17NO2Si. The molecule has 0 heterocycles. The average molecular weight is 199 g/mol. The molecule has 0 rings (SSSR count). The normalized spacial score (nSPS) is 10.3. The van der Waals surface area contributed by atoms with Crippen molar-refractivity contribution in [2.75, 3.05) is 13.2 Å². The molecule has 0 aromatic carbocycles. The SMILES string of the molecule is C#CCNC(=O)OCC[Si](C)(C)C. The van der Waals surface area contributed by atoms with Gasteiger partial charge in [-0.2, -0.15) is 0 Å². The fourth-order valence-electron chi connectivity index (χ4n) is 0.624. The highest BCUT2D eigenvalue weighted by molar-refractivity contribution is 6.76. The van der Waals surface area contributed by atoms with Crippen molar-refractivity contribution in [1.29, 1.82) is 0 Å². The minimum absolute atomic E-state index is 0.228. The van der Waals surface area contributed by atoms with Gasteiger partial charge >= 0.3 is 6.09 Å². The Hall–Kier alpha value is -0.953. The maximum Gasteiger partial charge on any atom is 0.407 e. The molecule has 0 fully saturated rings. The zero-order valence-corrected chi connectivity index (χ0v) is 9.52. The Labute approximate surface area is 80.9 Å². The third-order valence-electron chi connectivity index (χ3n) is 1.42. The molecule has 1 amide bonds. The second-order valence-corrected chi connectivity index (χ2v) is 9.63. The Balaban J connectivity index is 3.44. The Morgan fingerprint density at radius 2 is 2.15 bits per heavy atom. The van der Waals surface area contributed by atoms with Crippen LogP contribution in [-0.4, -0.2) is 27.3 Å². The van der Waals surface area contributed by atoms with Gasteiger partial charge < -0.3 is 10.1 Å². The molecule has 4 heteroatoms. The lowest BCUT2D eigenvalue weighted by molar-refractivity contribution is 0.153. The molecule has 0 aliphatic heterocycles. The first kappa shape index (κ1) is 12.0. The van der Waals surface area contributed by atoms with E-state index >= 15 is 0 Å². The van der Waals surface area contributed by atoms with Crippen molar-refractivity contribution in [3.8, 4) is 12.3 Å². The predicted octanol–water partition coefficient (Wildman–Crippen LogP) is 1.68. The van der Waals surface area contributed by atoms with Crippen LogP contribution in [0.25, 0.3) is 0 Å². The molecule has 0 unspecified atom stereocenters. The van der Waals surface area contributed by atoms with Gasteiger partial charge in [0.25, 0.3) is 0 Å². The lowest BCUT2D eigenvalue weighted by Gasteiger charge is -2.15. The van der Waals surface area contributed by atoms with Crippen LogP contribution in [0.15, 0.2) is 0 Å². The van der Waals surface area contributed by atoms with Crippen LogP contribution in [0.5, 0.6) is 0 Å². The fraction of sp³-hybridized carbons (Fsp3) is 0.667. The summed E-state index contributed by atoms with van der Waals surface area (Å²) in [6, 6.07) is 0.983. The van der Waals surface area contributed by atoms with Gasteiger partial charge in [0.2, 0.25) is 0 Å². The summed E-state index contributed by atoms with van der Waals surface area (Å²) >= 11 is 0. The van der Waals surface area contributed by atoms with Gasteiger partial charge in [0.15, 0.2) is 0 Å². The number of ether oxygens (including phenoxy) is 1. The summed E-state index contributed by atoms with van der Waals surface area (Å²) in [4.78, 5) is 10.9. The average Bonchev–Trinajstić information content (AvgIpc) is 1.98. The number of hydrogen-bond acceptors (Lipinski definition) is 2. The van der Waals surface area contributed by atoms with E-state index in [1.54, 1.807) is 0 Å². The second kappa shape index (κ2) is 5.65. The predicted molar refractivity (Wildman–Crippen MR) is 56.3 cm³/mol. The number of amides is 1. The molecule has 0 aromatic heterocycles. The summed E-state index contributed by atoms with van der Waals surface area (Å²) in [5.74, 6) is 2.30. The van der Waals surface area contributed by atoms with Crippen molar-refractivity contribution in [3.63, 3.8) is 0 Å². The standard InChI is InChI=1S/C9H17NO2Si/c1-5-6-10-9(11)12-7-8-13(2,3)4/h1H,6-8H2,2-4H3,(H,10,11). The summed E-state index contributed by atoms with van der Waals surface area (Å²) in [6.07, 6.45) is 4.54. The van der Waals surface area contributed by atoms with E-state index in [1.165, 1.54) is 0 Å². The number of carbonyl (C=O) groups excluding carboxylic acids is 1. The first-order chi connectivity index (χ1) is 5.95. The molecule has 0 radical (unpaired) electrons. The van der Waals surface area contributed by atoms with Crippen LogP contribution in [0.1, 0.15) is 0 Å². The monoisotopic (exact) mass is 199 g/mol. The van der Waals surface area contributed by atoms with Gasteiger partial charge in [-0.05, 0) is 6.04 Å². The van der Waals surface area contributed by atoms with E-state index in [4.69, 9.17) is 11.2 Å². The van der Waals surface area contributed by atoms with Gasteiger partial charge in [-0.3, -0.25) is 0 Å². The zero-order valence-electron chi connectivity index (χ0n) is 8.52. The van der Waals surface area contributed by atoms with Crippen molar-refractivity contribution in [2.45, 2.75) is 25.7 Å². The van der Waals surface area contributed by atoms with Crippen LogP contribution in [0.3, 0.4) is 0 Å². The van der Waals surface area contributed by atoms with Crippen LogP contribution in [0, 0.1) is 12.3 Å². The number of nitrogens with one attached hydrogen (secondary N) is 1. The molecule has 0 saturated heterocycles. The molecule has 0 aliphatic rings. The lowest BCUT2D eigenvalue weighted by Crippen LogP contribution is -2.28. The highest BCUT2D eigenvalue weighted by Gasteiger charge is 2.13. The van der Waals surface area contributed by atoms with Gasteiger partial charge in [-0.25, -0.2) is 4.79 Å². The number of carbonyl (C=O) groups is 1. The molecule has 0 saturated carbocycles. The summed E-state index contributed by atoms with van der Waals surface area (Å²) in [5, 5.41) is 2.44.